The highest BCUT2D eigenvalue weighted by atomic mass is 32.1. The smallest absolute Gasteiger partial charge is 0.246 e. The quantitative estimate of drug-likeness (QED) is 0.596. The number of nitrogens with zero attached hydrogens (tertiary/aromatic N) is 1. The molecule has 2 aliphatic rings. The third kappa shape index (κ3) is 5.02. The normalized spacial score (nSPS) is 21.3. The lowest BCUT2D eigenvalue weighted by Gasteiger charge is -2.28. The van der Waals surface area contributed by atoms with Gasteiger partial charge in [0.25, 0.3) is 0 Å². The molecule has 1 aliphatic carbocycles. The average molecular weight is 456 g/mol. The molecule has 0 radical (unpaired) electrons. The second-order valence-electron chi connectivity index (χ2n) is 8.76. The molecule has 3 N–H and O–H groups in total. The van der Waals surface area contributed by atoms with Crippen LogP contribution in [0.1, 0.15) is 37.3 Å². The maximum Gasteiger partial charge on any atom is 0.246 e. The number of amides is 3. The van der Waals surface area contributed by atoms with E-state index in [9.17, 15) is 19.5 Å². The van der Waals surface area contributed by atoms with E-state index in [0.29, 0.717) is 6.54 Å². The van der Waals surface area contributed by atoms with Crippen molar-refractivity contribution in [1.29, 1.82) is 0 Å². The molecule has 0 bridgehead atoms. The minimum Gasteiger partial charge on any atom is -0.391 e. The molecule has 1 saturated heterocycles. The number of aryl methyl sites for hydroxylation is 1. The van der Waals surface area contributed by atoms with Crippen molar-refractivity contribution in [2.75, 3.05) is 6.54 Å². The molecule has 1 saturated carbocycles. The van der Waals surface area contributed by atoms with E-state index >= 15 is 0 Å². The lowest BCUT2D eigenvalue weighted by atomic mass is 10.1. The molecule has 7 nitrogen and oxygen atoms in total. The number of nitrogens with one attached hydrogen (secondary N) is 2. The highest BCUT2D eigenvalue weighted by molar-refractivity contribution is 7.13. The minimum absolute atomic E-state index is 0.106. The van der Waals surface area contributed by atoms with Gasteiger partial charge in [-0.25, -0.2) is 0 Å². The number of benzene rings is 1. The summed E-state index contributed by atoms with van der Waals surface area (Å²) in [6.45, 7) is 3.92. The summed E-state index contributed by atoms with van der Waals surface area (Å²) in [5.74, 6) is -0.726. The molecular formula is C24H29N3O4S. The Morgan fingerprint density at radius 3 is 2.50 bits per heavy atom. The van der Waals surface area contributed by atoms with Crippen LogP contribution >= 0.6 is 11.3 Å². The predicted octanol–water partition coefficient (Wildman–Crippen LogP) is 2.22. The molecule has 2 aromatic rings. The SMILES string of the molecule is CC(=O)N[C@H](C(=O)N1C[C@H](O)C[C@H]1C(=O)NCc1ccc(-c2sccc2C)cc1)C1CC1. The first-order chi connectivity index (χ1) is 15.3. The molecule has 1 aliphatic heterocycles. The van der Waals surface area contributed by atoms with Crippen molar-refractivity contribution < 1.29 is 19.5 Å². The Bertz CT molecular complexity index is 999. The molecule has 0 spiro atoms. The third-order valence-electron chi connectivity index (χ3n) is 6.13. The van der Waals surface area contributed by atoms with Crippen LogP contribution < -0.4 is 10.6 Å². The van der Waals surface area contributed by atoms with Crippen molar-refractivity contribution >= 4 is 29.1 Å². The number of hydrogen-bond donors (Lipinski definition) is 3. The second kappa shape index (κ2) is 9.42. The fraction of sp³-hybridized carbons (Fsp3) is 0.458. The van der Waals surface area contributed by atoms with Crippen LogP contribution in [0.25, 0.3) is 10.4 Å². The lowest BCUT2D eigenvalue weighted by molar-refractivity contribution is -0.141. The van der Waals surface area contributed by atoms with Crippen molar-refractivity contribution in [3.8, 4) is 10.4 Å². The van der Waals surface area contributed by atoms with Crippen molar-refractivity contribution in [2.24, 2.45) is 5.92 Å². The van der Waals surface area contributed by atoms with E-state index in [1.54, 1.807) is 11.3 Å². The van der Waals surface area contributed by atoms with Crippen LogP contribution in [0.4, 0.5) is 0 Å². The van der Waals surface area contributed by atoms with E-state index in [4.69, 9.17) is 0 Å². The van der Waals surface area contributed by atoms with Gasteiger partial charge >= 0.3 is 0 Å². The summed E-state index contributed by atoms with van der Waals surface area (Å²) < 4.78 is 0. The molecule has 3 atom stereocenters. The highest BCUT2D eigenvalue weighted by Gasteiger charge is 2.45. The van der Waals surface area contributed by atoms with Gasteiger partial charge < -0.3 is 20.6 Å². The number of rotatable bonds is 7. The minimum atomic E-state index is -0.750. The van der Waals surface area contributed by atoms with Gasteiger partial charge in [0.05, 0.1) is 6.10 Å². The number of hydrogen-bond acceptors (Lipinski definition) is 5. The van der Waals surface area contributed by atoms with Crippen LogP contribution in [-0.4, -0.2) is 52.5 Å². The largest absolute Gasteiger partial charge is 0.391 e. The summed E-state index contributed by atoms with van der Waals surface area (Å²) in [5, 5.41) is 17.9. The van der Waals surface area contributed by atoms with Gasteiger partial charge in [0.1, 0.15) is 12.1 Å². The van der Waals surface area contributed by atoms with Crippen LogP contribution in [0.15, 0.2) is 35.7 Å². The Kier molecular flexibility index (Phi) is 6.62. The summed E-state index contributed by atoms with van der Waals surface area (Å²) in [4.78, 5) is 40.2. The van der Waals surface area contributed by atoms with Crippen molar-refractivity contribution in [3.63, 3.8) is 0 Å². The van der Waals surface area contributed by atoms with Gasteiger partial charge in [-0.3, -0.25) is 14.4 Å². The fourth-order valence-electron chi connectivity index (χ4n) is 4.26. The zero-order valence-corrected chi connectivity index (χ0v) is 19.2. The van der Waals surface area contributed by atoms with Crippen molar-refractivity contribution in [1.82, 2.24) is 15.5 Å². The summed E-state index contributed by atoms with van der Waals surface area (Å²) in [6.07, 6.45) is 1.21. The maximum atomic E-state index is 13.1. The number of β-amino-alcohol motifs (C(OH)–C–C–N with tert-alkyl or cyclic N) is 1. The monoisotopic (exact) mass is 455 g/mol. The maximum absolute atomic E-state index is 13.1. The highest BCUT2D eigenvalue weighted by Crippen LogP contribution is 2.35. The third-order valence-corrected chi connectivity index (χ3v) is 7.19. The average Bonchev–Trinajstić information content (AvgIpc) is 3.40. The summed E-state index contributed by atoms with van der Waals surface area (Å²) in [5.41, 5.74) is 3.35. The molecule has 2 fully saturated rings. The fourth-order valence-corrected chi connectivity index (χ4v) is 5.20. The van der Waals surface area contributed by atoms with Gasteiger partial charge in [-0.05, 0) is 53.8 Å². The van der Waals surface area contributed by atoms with Gasteiger partial charge in [0.2, 0.25) is 17.7 Å². The molecule has 4 rings (SSSR count). The van der Waals surface area contributed by atoms with Crippen LogP contribution in [0.2, 0.25) is 0 Å². The lowest BCUT2D eigenvalue weighted by Crippen LogP contribution is -2.54. The Hall–Kier alpha value is -2.71. The molecule has 0 unspecified atom stereocenters. The van der Waals surface area contributed by atoms with Crippen LogP contribution in [0, 0.1) is 12.8 Å². The first-order valence-electron chi connectivity index (χ1n) is 11.0. The first-order valence-corrected chi connectivity index (χ1v) is 11.9. The van der Waals surface area contributed by atoms with E-state index < -0.39 is 18.2 Å². The zero-order valence-electron chi connectivity index (χ0n) is 18.3. The molecule has 8 heteroatoms. The summed E-state index contributed by atoms with van der Waals surface area (Å²) in [7, 11) is 0. The van der Waals surface area contributed by atoms with E-state index in [2.05, 4.69) is 29.0 Å². The molecule has 1 aromatic heterocycles. The summed E-state index contributed by atoms with van der Waals surface area (Å²) >= 11 is 1.70. The van der Waals surface area contributed by atoms with Gasteiger partial charge in [-0.1, -0.05) is 24.3 Å². The van der Waals surface area contributed by atoms with Crippen LogP contribution in [-0.2, 0) is 20.9 Å². The van der Waals surface area contributed by atoms with Crippen LogP contribution in [0.5, 0.6) is 0 Å². The number of aliphatic hydroxyl groups excluding tert-OH is 1. The standard InChI is InChI=1S/C24H29N3O4S/c1-14-9-10-32-22(14)18-5-3-16(4-6-18)12-25-23(30)20-11-19(29)13-27(20)24(31)21(17-7-8-17)26-15(2)28/h3-6,9-10,17,19-21,29H,7-8,11-13H2,1-2H3,(H,25,30)(H,26,28)/t19-,20+,21+/m1/s1. The van der Waals surface area contributed by atoms with E-state index in [0.717, 1.165) is 24.0 Å². The summed E-state index contributed by atoms with van der Waals surface area (Å²) in [6, 6.07) is 8.80. The number of carbonyl (C=O) groups is 3. The molecule has 32 heavy (non-hydrogen) atoms. The number of thiophene rings is 1. The Morgan fingerprint density at radius 1 is 1.19 bits per heavy atom. The van der Waals surface area contributed by atoms with E-state index in [1.807, 2.05) is 24.3 Å². The van der Waals surface area contributed by atoms with Gasteiger partial charge in [-0.15, -0.1) is 11.3 Å². The Labute approximate surface area is 191 Å². The topological polar surface area (TPSA) is 98.7 Å². The molecule has 3 amide bonds. The van der Waals surface area contributed by atoms with Crippen molar-refractivity contribution in [3.05, 3.63) is 46.8 Å². The Morgan fingerprint density at radius 2 is 1.91 bits per heavy atom. The van der Waals surface area contributed by atoms with Gasteiger partial charge in [0.15, 0.2) is 0 Å². The van der Waals surface area contributed by atoms with Crippen molar-refractivity contribution in [2.45, 2.75) is 57.8 Å². The molecule has 1 aromatic carbocycles. The number of carbonyl (C=O) groups excluding carboxylic acids is 3. The van der Waals surface area contributed by atoms with E-state index in [-0.39, 0.29) is 36.6 Å². The second-order valence-corrected chi connectivity index (χ2v) is 9.68. The van der Waals surface area contributed by atoms with Gasteiger partial charge in [0, 0.05) is 31.3 Å². The first kappa shape index (κ1) is 22.5. The number of aliphatic hydroxyl groups is 1. The molecule has 2 heterocycles. The Balaban J connectivity index is 1.39. The predicted molar refractivity (Wildman–Crippen MR) is 123 cm³/mol. The van der Waals surface area contributed by atoms with Crippen LogP contribution in [0.3, 0.4) is 0 Å². The van der Waals surface area contributed by atoms with Gasteiger partial charge in [-0.2, -0.15) is 0 Å². The molecular weight excluding hydrogens is 426 g/mol. The van der Waals surface area contributed by atoms with E-state index in [1.165, 1.54) is 22.3 Å². The zero-order chi connectivity index (χ0) is 22.8. The molecule has 170 valence electrons. The number of likely N-dealkylation sites (tertiary alicyclic amines) is 1.